The number of halogens is 1. The van der Waals surface area contributed by atoms with Crippen LogP contribution in [0, 0.1) is 12.8 Å². The van der Waals surface area contributed by atoms with Crippen molar-refractivity contribution in [2.24, 2.45) is 5.92 Å². The van der Waals surface area contributed by atoms with Crippen LogP contribution in [0.15, 0.2) is 42.5 Å². The van der Waals surface area contributed by atoms with Gasteiger partial charge >= 0.3 is 5.97 Å². The van der Waals surface area contributed by atoms with Crippen molar-refractivity contribution in [3.05, 3.63) is 69.7 Å². The van der Waals surface area contributed by atoms with E-state index in [9.17, 15) is 4.79 Å². The molecule has 2 nitrogen and oxygen atoms in total. The van der Waals surface area contributed by atoms with E-state index in [0.29, 0.717) is 5.02 Å². The zero-order chi connectivity index (χ0) is 18.1. The maximum atomic E-state index is 10.5. The van der Waals surface area contributed by atoms with Crippen LogP contribution in [-0.2, 0) is 12.8 Å². The van der Waals surface area contributed by atoms with Crippen molar-refractivity contribution in [2.75, 3.05) is 0 Å². The monoisotopic (exact) mass is 346 g/mol. The van der Waals surface area contributed by atoms with Gasteiger partial charge in [-0.25, -0.2) is 4.79 Å². The van der Waals surface area contributed by atoms with Crippen LogP contribution in [0.25, 0.3) is 0 Å². The lowest BCUT2D eigenvalue weighted by Gasteiger charge is -2.07. The molecule has 3 heteroatoms. The third-order valence-corrected chi connectivity index (χ3v) is 4.39. The molecule has 1 atom stereocenters. The smallest absolute Gasteiger partial charge is 0.337 e. The zero-order valence-electron chi connectivity index (χ0n) is 15.0. The highest BCUT2D eigenvalue weighted by Crippen LogP contribution is 2.18. The summed E-state index contributed by atoms with van der Waals surface area (Å²) >= 11 is 5.72. The minimum atomic E-state index is -0.984. The Kier molecular flexibility index (Phi) is 8.56. The van der Waals surface area contributed by atoms with Gasteiger partial charge in [-0.15, -0.1) is 0 Å². The average Bonchev–Trinajstić information content (AvgIpc) is 2.57. The second-order valence-corrected chi connectivity index (χ2v) is 6.58. The highest BCUT2D eigenvalue weighted by Gasteiger charge is 2.07. The largest absolute Gasteiger partial charge is 0.478 e. The molecule has 2 aromatic carbocycles. The number of carboxylic acid groups (broad SMARTS) is 1. The van der Waals surface area contributed by atoms with Crippen molar-refractivity contribution in [1.82, 2.24) is 0 Å². The minimum Gasteiger partial charge on any atom is -0.478 e. The zero-order valence-corrected chi connectivity index (χ0v) is 15.7. The molecule has 2 aromatic rings. The van der Waals surface area contributed by atoms with Crippen LogP contribution in [-0.4, -0.2) is 11.1 Å². The van der Waals surface area contributed by atoms with Crippen molar-refractivity contribution in [1.29, 1.82) is 0 Å². The van der Waals surface area contributed by atoms with Crippen molar-refractivity contribution in [2.45, 2.75) is 47.0 Å². The average molecular weight is 347 g/mol. The summed E-state index contributed by atoms with van der Waals surface area (Å²) in [6.45, 7) is 8.68. The van der Waals surface area contributed by atoms with Crippen molar-refractivity contribution < 1.29 is 9.90 Å². The Hall–Kier alpha value is -1.80. The number of benzene rings is 2. The van der Waals surface area contributed by atoms with Crippen LogP contribution in [0.3, 0.4) is 0 Å². The lowest BCUT2D eigenvalue weighted by atomic mass is 9.98. The second-order valence-electron chi connectivity index (χ2n) is 6.18. The highest BCUT2D eigenvalue weighted by atomic mass is 35.5. The first-order valence-corrected chi connectivity index (χ1v) is 8.82. The van der Waals surface area contributed by atoms with Crippen LogP contribution in [0.2, 0.25) is 5.02 Å². The summed E-state index contributed by atoms with van der Waals surface area (Å²) < 4.78 is 0. The second kappa shape index (κ2) is 10.1. The van der Waals surface area contributed by atoms with Crippen LogP contribution in [0.4, 0.5) is 0 Å². The molecule has 0 saturated heterocycles. The van der Waals surface area contributed by atoms with Gasteiger partial charge in [0.2, 0.25) is 0 Å². The molecule has 2 rings (SSSR count). The molecule has 0 radical (unpaired) electrons. The molecule has 0 heterocycles. The fraction of sp³-hybridized carbons (Fsp3) is 0.381. The molecule has 0 aliphatic rings. The summed E-state index contributed by atoms with van der Waals surface area (Å²) in [5, 5.41) is 8.95. The Bertz CT molecular complexity index is 647. The quantitative estimate of drug-likeness (QED) is 0.701. The van der Waals surface area contributed by atoms with E-state index in [2.05, 4.69) is 45.0 Å². The van der Waals surface area contributed by atoms with E-state index in [1.165, 1.54) is 30.0 Å². The number of hydrogen-bond donors (Lipinski definition) is 1. The SMILES string of the molecule is CCC(C)Cc1ccc(C)cc1.CCc1ccc(C(=O)O)c(Cl)c1. The lowest BCUT2D eigenvalue weighted by Crippen LogP contribution is -1.97. The summed E-state index contributed by atoms with van der Waals surface area (Å²) in [6.07, 6.45) is 3.35. The molecule has 1 N–H and O–H groups in total. The Morgan fingerprint density at radius 1 is 1.08 bits per heavy atom. The number of aryl methyl sites for hydroxylation is 2. The standard InChI is InChI=1S/C12H18.C9H9ClO2/c1-4-10(2)9-12-7-5-11(3)6-8-12;1-2-6-3-4-7(9(11)12)8(10)5-6/h5-8,10H,4,9H2,1-3H3;3-5H,2H2,1H3,(H,11,12). The fourth-order valence-electron chi connectivity index (χ4n) is 2.22. The molecular weight excluding hydrogens is 320 g/mol. The topological polar surface area (TPSA) is 37.3 Å². The van der Waals surface area contributed by atoms with Crippen LogP contribution < -0.4 is 0 Å². The molecule has 0 aromatic heterocycles. The Morgan fingerprint density at radius 3 is 2.12 bits per heavy atom. The molecule has 0 fully saturated rings. The van der Waals surface area contributed by atoms with Crippen molar-refractivity contribution in [3.8, 4) is 0 Å². The Labute approximate surface area is 150 Å². The number of carbonyl (C=O) groups is 1. The number of hydrogen-bond acceptors (Lipinski definition) is 1. The normalized spacial score (nSPS) is 11.4. The number of aromatic carboxylic acids is 1. The third-order valence-electron chi connectivity index (χ3n) is 4.07. The first-order valence-electron chi connectivity index (χ1n) is 8.44. The Morgan fingerprint density at radius 2 is 1.67 bits per heavy atom. The summed E-state index contributed by atoms with van der Waals surface area (Å²) in [7, 11) is 0. The molecule has 0 aliphatic carbocycles. The van der Waals surface area contributed by atoms with Gasteiger partial charge in [0.05, 0.1) is 10.6 Å². The lowest BCUT2D eigenvalue weighted by molar-refractivity contribution is 0.0697. The first kappa shape index (κ1) is 20.2. The van der Waals surface area contributed by atoms with E-state index in [1.54, 1.807) is 12.1 Å². The summed E-state index contributed by atoms with van der Waals surface area (Å²) in [4.78, 5) is 10.5. The molecule has 0 bridgehead atoms. The molecule has 130 valence electrons. The number of carboxylic acids is 1. The molecule has 1 unspecified atom stereocenters. The number of rotatable bonds is 5. The summed E-state index contributed by atoms with van der Waals surface area (Å²) in [6, 6.07) is 13.8. The van der Waals surface area contributed by atoms with Gasteiger partial charge in [0.1, 0.15) is 0 Å². The Balaban J connectivity index is 0.000000240. The van der Waals surface area contributed by atoms with E-state index < -0.39 is 5.97 Å². The van der Waals surface area contributed by atoms with Gasteiger partial charge in [0.15, 0.2) is 0 Å². The van der Waals surface area contributed by atoms with E-state index in [4.69, 9.17) is 16.7 Å². The van der Waals surface area contributed by atoms with Gasteiger partial charge in [-0.05, 0) is 48.9 Å². The van der Waals surface area contributed by atoms with Crippen molar-refractivity contribution in [3.63, 3.8) is 0 Å². The van der Waals surface area contributed by atoms with Gasteiger partial charge < -0.3 is 5.11 Å². The predicted molar refractivity (Wildman–Crippen MR) is 102 cm³/mol. The summed E-state index contributed by atoms with van der Waals surface area (Å²) in [5.41, 5.74) is 4.02. The van der Waals surface area contributed by atoms with Gasteiger partial charge in [-0.1, -0.05) is 74.7 Å². The molecule has 24 heavy (non-hydrogen) atoms. The van der Waals surface area contributed by atoms with Crippen molar-refractivity contribution >= 4 is 17.6 Å². The maximum absolute atomic E-state index is 10.5. The van der Waals surface area contributed by atoms with Gasteiger partial charge in [-0.2, -0.15) is 0 Å². The van der Waals surface area contributed by atoms with E-state index in [0.717, 1.165) is 17.9 Å². The van der Waals surface area contributed by atoms with E-state index in [-0.39, 0.29) is 5.56 Å². The molecule has 0 amide bonds. The van der Waals surface area contributed by atoms with Gasteiger partial charge in [-0.3, -0.25) is 0 Å². The molecular formula is C21H27ClO2. The first-order chi connectivity index (χ1) is 11.4. The molecule has 0 saturated carbocycles. The van der Waals surface area contributed by atoms with E-state index >= 15 is 0 Å². The van der Waals surface area contributed by atoms with E-state index in [1.807, 2.05) is 6.92 Å². The van der Waals surface area contributed by atoms with Crippen LogP contribution in [0.5, 0.6) is 0 Å². The summed E-state index contributed by atoms with van der Waals surface area (Å²) in [5.74, 6) is -0.171. The van der Waals surface area contributed by atoms with Crippen LogP contribution >= 0.6 is 11.6 Å². The highest BCUT2D eigenvalue weighted by molar-refractivity contribution is 6.33. The van der Waals surface area contributed by atoms with Crippen LogP contribution in [0.1, 0.15) is 54.2 Å². The minimum absolute atomic E-state index is 0.161. The fourth-order valence-corrected chi connectivity index (χ4v) is 2.51. The third kappa shape index (κ3) is 6.76. The molecule has 0 aliphatic heterocycles. The molecule has 0 spiro atoms. The van der Waals surface area contributed by atoms with Gasteiger partial charge in [0, 0.05) is 0 Å². The van der Waals surface area contributed by atoms with Gasteiger partial charge in [0.25, 0.3) is 0 Å². The maximum Gasteiger partial charge on any atom is 0.337 e. The predicted octanol–water partition coefficient (Wildman–Crippen LogP) is 6.18.